The second kappa shape index (κ2) is 8.03. The standard InChI is InChI=1S/C18H20N6O5/c1-4-29-12-7-5-6-11(15(12)26)8-20-21-13(25)9-24-10-19-16-14(24)17(27)23(3)18(28)22(16)2/h5-8,10,14H,4,9H2,1-3H3,(H-,20,21,25,26). The van der Waals surface area contributed by atoms with Crippen molar-refractivity contribution in [2.24, 2.45) is 5.10 Å². The van der Waals surface area contributed by atoms with Crippen molar-refractivity contribution >= 4 is 36.2 Å². The highest BCUT2D eigenvalue weighted by Crippen LogP contribution is 2.25. The molecule has 0 saturated carbocycles. The van der Waals surface area contributed by atoms with Crippen LogP contribution in [0.1, 0.15) is 12.5 Å². The maximum atomic E-state index is 12.4. The van der Waals surface area contributed by atoms with E-state index in [1.165, 1.54) is 36.4 Å². The van der Waals surface area contributed by atoms with Crippen LogP contribution < -0.4 is 19.9 Å². The Morgan fingerprint density at radius 1 is 1.34 bits per heavy atom. The molecule has 2 aliphatic heterocycles. The second-order valence-corrected chi connectivity index (χ2v) is 6.32. The van der Waals surface area contributed by atoms with Crippen molar-refractivity contribution in [3.8, 4) is 11.5 Å². The third-order valence-electron chi connectivity index (χ3n) is 4.42. The van der Waals surface area contributed by atoms with Gasteiger partial charge < -0.3 is 9.84 Å². The monoisotopic (exact) mass is 400 g/mol. The molecule has 1 N–H and O–H groups in total. The molecule has 11 heteroatoms. The number of rotatable bonds is 6. The van der Waals surface area contributed by atoms with Gasteiger partial charge in [-0.2, -0.15) is 10.0 Å². The summed E-state index contributed by atoms with van der Waals surface area (Å²) in [6.45, 7) is 1.92. The molecule has 29 heavy (non-hydrogen) atoms. The van der Waals surface area contributed by atoms with Gasteiger partial charge in [-0.15, -0.1) is 0 Å². The fraction of sp³-hybridized carbons (Fsp3) is 0.333. The number of hydrogen-bond acceptors (Lipinski definition) is 7. The SMILES string of the molecule is CCOc1cccc(/C=N/NC(=O)CN2C=[N+]=C3C2C(=O)N(C)C(=O)N3C)c1[O-]. The summed E-state index contributed by atoms with van der Waals surface area (Å²) in [4.78, 5) is 40.2. The van der Waals surface area contributed by atoms with Crippen LogP contribution in [0.3, 0.4) is 0 Å². The van der Waals surface area contributed by atoms with Crippen LogP contribution in [0.15, 0.2) is 23.3 Å². The first-order valence-electron chi connectivity index (χ1n) is 8.82. The van der Waals surface area contributed by atoms with Gasteiger partial charge >= 0.3 is 11.9 Å². The summed E-state index contributed by atoms with van der Waals surface area (Å²) in [6, 6.07) is 3.42. The average Bonchev–Trinajstić information content (AvgIpc) is 3.11. The quantitative estimate of drug-likeness (QED) is 0.344. The number of benzene rings is 1. The number of carbonyl (C=O) groups excluding carboxylic acids is 3. The molecule has 0 spiro atoms. The first-order valence-corrected chi connectivity index (χ1v) is 8.82. The number of hydrazone groups is 1. The second-order valence-electron chi connectivity index (χ2n) is 6.32. The molecule has 2 aliphatic rings. The maximum Gasteiger partial charge on any atom is 0.389 e. The summed E-state index contributed by atoms with van der Waals surface area (Å²) in [5.74, 6) is -0.851. The van der Waals surface area contributed by atoms with Crippen molar-refractivity contribution in [1.29, 1.82) is 0 Å². The van der Waals surface area contributed by atoms with E-state index in [2.05, 4.69) is 15.2 Å². The number of para-hydroxylation sites is 1. The van der Waals surface area contributed by atoms with E-state index < -0.39 is 23.9 Å². The summed E-state index contributed by atoms with van der Waals surface area (Å²) >= 11 is 0. The molecule has 0 bridgehead atoms. The van der Waals surface area contributed by atoms with Crippen LogP contribution in [0.5, 0.6) is 11.5 Å². The third kappa shape index (κ3) is 3.76. The van der Waals surface area contributed by atoms with Crippen LogP contribution in [-0.4, -0.2) is 84.2 Å². The fourth-order valence-electron chi connectivity index (χ4n) is 2.95. The molecule has 1 unspecified atom stereocenters. The number of nitrogens with one attached hydrogen (secondary N) is 1. The lowest BCUT2D eigenvalue weighted by molar-refractivity contribution is -0.270. The Kier molecular flexibility index (Phi) is 5.51. The van der Waals surface area contributed by atoms with E-state index in [0.717, 1.165) is 4.90 Å². The van der Waals surface area contributed by atoms with Crippen molar-refractivity contribution in [3.05, 3.63) is 23.8 Å². The highest BCUT2D eigenvalue weighted by atomic mass is 16.5. The largest absolute Gasteiger partial charge is 0.870 e. The Morgan fingerprint density at radius 2 is 2.10 bits per heavy atom. The molecule has 0 aromatic heterocycles. The molecular formula is C18H20N6O5. The van der Waals surface area contributed by atoms with Gasteiger partial charge in [-0.05, 0) is 18.6 Å². The molecule has 1 fully saturated rings. The Hall–Kier alpha value is -3.85. The van der Waals surface area contributed by atoms with Gasteiger partial charge in [0.05, 0.1) is 19.9 Å². The van der Waals surface area contributed by atoms with E-state index in [9.17, 15) is 19.5 Å². The average molecular weight is 400 g/mol. The highest BCUT2D eigenvalue weighted by molar-refractivity contribution is 6.22. The van der Waals surface area contributed by atoms with E-state index in [-0.39, 0.29) is 29.4 Å². The predicted molar refractivity (Wildman–Crippen MR) is 102 cm³/mol. The Morgan fingerprint density at radius 3 is 2.83 bits per heavy atom. The molecule has 1 aromatic carbocycles. The maximum absolute atomic E-state index is 12.4. The number of nitrogens with zero attached hydrogens (tertiary/aromatic N) is 5. The molecule has 4 amide bonds. The summed E-state index contributed by atoms with van der Waals surface area (Å²) < 4.78 is 9.31. The van der Waals surface area contributed by atoms with Gasteiger partial charge in [0.25, 0.3) is 24.2 Å². The minimum Gasteiger partial charge on any atom is -0.870 e. The van der Waals surface area contributed by atoms with Gasteiger partial charge in [-0.3, -0.25) is 19.4 Å². The van der Waals surface area contributed by atoms with Gasteiger partial charge in [0.1, 0.15) is 12.3 Å². The molecule has 0 aliphatic carbocycles. The summed E-state index contributed by atoms with van der Waals surface area (Å²) in [7, 11) is 2.88. The van der Waals surface area contributed by atoms with Gasteiger partial charge in [0.15, 0.2) is 0 Å². The number of likely N-dealkylation sites (N-methyl/N-ethyl adjacent to an activating group) is 2. The molecule has 152 valence electrons. The zero-order valence-electron chi connectivity index (χ0n) is 16.2. The number of fused-ring (bicyclic) bond motifs is 1. The number of amidine groups is 1. The highest BCUT2D eigenvalue weighted by Gasteiger charge is 2.53. The lowest BCUT2D eigenvalue weighted by atomic mass is 10.1. The van der Waals surface area contributed by atoms with E-state index in [4.69, 9.17) is 4.74 Å². The van der Waals surface area contributed by atoms with E-state index >= 15 is 0 Å². The number of hydrogen-bond donors (Lipinski definition) is 1. The van der Waals surface area contributed by atoms with Crippen LogP contribution >= 0.6 is 0 Å². The Labute approximate surface area is 166 Å². The number of imide groups is 1. The Bertz CT molecular complexity index is 952. The van der Waals surface area contributed by atoms with Crippen LogP contribution in [0.4, 0.5) is 4.79 Å². The van der Waals surface area contributed by atoms with Crippen molar-refractivity contribution < 1.29 is 24.2 Å². The van der Waals surface area contributed by atoms with Crippen molar-refractivity contribution in [2.75, 3.05) is 27.2 Å². The first-order chi connectivity index (χ1) is 13.8. The van der Waals surface area contributed by atoms with Crippen molar-refractivity contribution in [1.82, 2.24) is 24.8 Å². The lowest BCUT2D eigenvalue weighted by Gasteiger charge is -2.29. The van der Waals surface area contributed by atoms with E-state index in [0.29, 0.717) is 6.61 Å². The molecule has 0 radical (unpaired) electrons. The Balaban J connectivity index is 1.62. The zero-order valence-corrected chi connectivity index (χ0v) is 16.2. The van der Waals surface area contributed by atoms with Gasteiger partial charge in [-0.1, -0.05) is 17.9 Å². The van der Waals surface area contributed by atoms with Crippen LogP contribution in [0, 0.1) is 0 Å². The molecule has 1 aromatic rings. The minimum atomic E-state index is -0.853. The number of ether oxygens (including phenoxy) is 1. The normalized spacial score (nSPS) is 18.4. The molecule has 1 atom stereocenters. The predicted octanol–water partition coefficient (Wildman–Crippen LogP) is -1.69. The summed E-state index contributed by atoms with van der Waals surface area (Å²) in [5, 5.41) is 16.0. The van der Waals surface area contributed by atoms with E-state index in [1.54, 1.807) is 25.1 Å². The smallest absolute Gasteiger partial charge is 0.389 e. The topological polar surface area (TPSA) is 132 Å². The molecule has 2 heterocycles. The van der Waals surface area contributed by atoms with Gasteiger partial charge in [-0.25, -0.2) is 14.9 Å². The van der Waals surface area contributed by atoms with E-state index in [1.807, 2.05) is 0 Å². The number of amides is 4. The third-order valence-corrected chi connectivity index (χ3v) is 4.42. The molecule has 1 saturated heterocycles. The van der Waals surface area contributed by atoms with Crippen molar-refractivity contribution in [3.63, 3.8) is 0 Å². The number of carbonyl (C=O) groups is 3. The van der Waals surface area contributed by atoms with Crippen molar-refractivity contribution in [2.45, 2.75) is 13.0 Å². The fourth-order valence-corrected chi connectivity index (χ4v) is 2.95. The summed E-state index contributed by atoms with van der Waals surface area (Å²) in [6.07, 6.45) is 2.57. The van der Waals surface area contributed by atoms with Gasteiger partial charge in [0, 0.05) is 7.05 Å². The first kappa shape index (κ1) is 19.9. The van der Waals surface area contributed by atoms with Gasteiger partial charge in [0.2, 0.25) is 0 Å². The summed E-state index contributed by atoms with van der Waals surface area (Å²) in [5.41, 5.74) is 2.57. The minimum absolute atomic E-state index is 0.206. The van der Waals surface area contributed by atoms with Crippen LogP contribution in [-0.2, 0) is 9.59 Å². The zero-order chi connectivity index (χ0) is 21.1. The lowest BCUT2D eigenvalue weighted by Crippen LogP contribution is -2.63. The van der Waals surface area contributed by atoms with Crippen LogP contribution in [0.25, 0.3) is 0 Å². The number of urea groups is 1. The molecule has 3 rings (SSSR count). The molecular weight excluding hydrogens is 380 g/mol. The molecule has 11 nitrogen and oxygen atoms in total. The van der Waals surface area contributed by atoms with Crippen LogP contribution in [0.2, 0.25) is 0 Å².